The van der Waals surface area contributed by atoms with Gasteiger partial charge in [-0.15, -0.1) is 11.8 Å². The van der Waals surface area contributed by atoms with Crippen molar-refractivity contribution in [2.75, 3.05) is 6.26 Å². The maximum absolute atomic E-state index is 12.6. The van der Waals surface area contributed by atoms with Crippen molar-refractivity contribution in [2.24, 2.45) is 0 Å². The summed E-state index contributed by atoms with van der Waals surface area (Å²) >= 11 is 1.66. The van der Waals surface area contributed by atoms with Crippen molar-refractivity contribution in [1.82, 2.24) is 0 Å². The van der Waals surface area contributed by atoms with Crippen molar-refractivity contribution in [3.05, 3.63) is 29.8 Å². The number of alkyl halides is 1. The lowest BCUT2D eigenvalue weighted by Crippen LogP contribution is -1.80. The third kappa shape index (κ3) is 2.46. The van der Waals surface area contributed by atoms with Gasteiger partial charge in [-0.1, -0.05) is 21.4 Å². The largest absolute Gasteiger partial charge is 0.238 e. The van der Waals surface area contributed by atoms with Crippen LogP contribution in [0, 0.1) is 0 Å². The molecule has 0 aliphatic heterocycles. The molecule has 1 rings (SSSR count). The SMILES string of the molecule is CSc1ccc(C(F)P)cc1. The number of hydrogen-bond acceptors (Lipinski definition) is 1. The molecule has 1 aromatic carbocycles. The van der Waals surface area contributed by atoms with Gasteiger partial charge in [0, 0.05) is 4.90 Å². The maximum Gasteiger partial charge on any atom is 0.138 e. The third-order valence-electron chi connectivity index (χ3n) is 1.43. The number of thioether (sulfide) groups is 1. The van der Waals surface area contributed by atoms with Crippen molar-refractivity contribution in [3.8, 4) is 0 Å². The van der Waals surface area contributed by atoms with E-state index < -0.39 is 5.91 Å². The first-order valence-corrected chi connectivity index (χ1v) is 5.17. The predicted molar refractivity (Wildman–Crippen MR) is 51.8 cm³/mol. The zero-order valence-corrected chi connectivity index (χ0v) is 8.22. The minimum Gasteiger partial charge on any atom is -0.238 e. The maximum atomic E-state index is 12.6. The van der Waals surface area contributed by atoms with Crippen LogP contribution < -0.4 is 0 Å². The average Bonchev–Trinajstić information content (AvgIpc) is 2.05. The molecule has 60 valence electrons. The van der Waals surface area contributed by atoms with Crippen LogP contribution in [0.2, 0.25) is 0 Å². The Morgan fingerprint density at radius 1 is 1.36 bits per heavy atom. The Morgan fingerprint density at radius 2 is 1.91 bits per heavy atom. The van der Waals surface area contributed by atoms with E-state index in [1.165, 1.54) is 4.90 Å². The highest BCUT2D eigenvalue weighted by Crippen LogP contribution is 2.25. The molecule has 11 heavy (non-hydrogen) atoms. The van der Waals surface area contributed by atoms with Gasteiger partial charge in [-0.25, -0.2) is 4.39 Å². The standard InChI is InChI=1S/C8H10FPS/c1-11-7-4-2-6(3-5-7)8(9)10/h2-5,8H,10H2,1H3. The van der Waals surface area contributed by atoms with Crippen molar-refractivity contribution in [1.29, 1.82) is 0 Å². The molecule has 0 saturated heterocycles. The molecule has 0 nitrogen and oxygen atoms in total. The molecule has 2 atom stereocenters. The summed E-state index contributed by atoms with van der Waals surface area (Å²) < 4.78 is 12.6. The molecular formula is C8H10FPS. The van der Waals surface area contributed by atoms with E-state index in [-0.39, 0.29) is 0 Å². The lowest BCUT2D eigenvalue weighted by molar-refractivity contribution is 0.469. The van der Waals surface area contributed by atoms with E-state index in [9.17, 15) is 4.39 Å². The smallest absolute Gasteiger partial charge is 0.138 e. The minimum absolute atomic E-state index is 0.716. The van der Waals surface area contributed by atoms with Crippen LogP contribution >= 0.6 is 21.0 Å². The lowest BCUT2D eigenvalue weighted by atomic mass is 10.2. The van der Waals surface area contributed by atoms with Gasteiger partial charge >= 0.3 is 0 Å². The van der Waals surface area contributed by atoms with Crippen LogP contribution in [-0.2, 0) is 0 Å². The Morgan fingerprint density at radius 3 is 2.27 bits per heavy atom. The summed E-state index contributed by atoms with van der Waals surface area (Å²) in [5.74, 6) is -0.939. The topological polar surface area (TPSA) is 0 Å². The molecule has 0 amide bonds. The van der Waals surface area contributed by atoms with E-state index in [0.29, 0.717) is 5.56 Å². The lowest BCUT2D eigenvalue weighted by Gasteiger charge is -2.01. The van der Waals surface area contributed by atoms with Gasteiger partial charge in [-0.05, 0) is 24.0 Å². The second-order valence-electron chi connectivity index (χ2n) is 2.17. The third-order valence-corrected chi connectivity index (χ3v) is 2.56. The molecule has 0 spiro atoms. The van der Waals surface area contributed by atoms with Crippen LogP contribution in [0.4, 0.5) is 4.39 Å². The zero-order valence-electron chi connectivity index (χ0n) is 6.25. The van der Waals surface area contributed by atoms with E-state index in [4.69, 9.17) is 0 Å². The van der Waals surface area contributed by atoms with Crippen molar-refractivity contribution < 1.29 is 4.39 Å². The quantitative estimate of drug-likeness (QED) is 0.507. The Hall–Kier alpha value is -0.0700. The van der Waals surface area contributed by atoms with Crippen molar-refractivity contribution in [3.63, 3.8) is 0 Å². The van der Waals surface area contributed by atoms with Gasteiger partial charge in [0.25, 0.3) is 0 Å². The first-order chi connectivity index (χ1) is 5.24. The number of hydrogen-bond donors (Lipinski definition) is 0. The number of rotatable bonds is 2. The highest BCUT2D eigenvalue weighted by molar-refractivity contribution is 7.98. The van der Waals surface area contributed by atoms with Crippen LogP contribution in [0.3, 0.4) is 0 Å². The molecule has 0 radical (unpaired) electrons. The van der Waals surface area contributed by atoms with Crippen LogP contribution in [-0.4, -0.2) is 6.26 Å². The Balaban J connectivity index is 2.83. The highest BCUT2D eigenvalue weighted by atomic mass is 32.2. The summed E-state index contributed by atoms with van der Waals surface area (Å²) in [4.78, 5) is 1.17. The number of benzene rings is 1. The first kappa shape index (κ1) is 9.02. The van der Waals surface area contributed by atoms with Crippen LogP contribution in [0.1, 0.15) is 11.5 Å². The Bertz CT molecular complexity index is 220. The number of halogens is 1. The summed E-state index contributed by atoms with van der Waals surface area (Å²) in [6.07, 6.45) is 2.00. The molecule has 0 fully saturated rings. The van der Waals surface area contributed by atoms with E-state index in [2.05, 4.69) is 9.24 Å². The fourth-order valence-corrected chi connectivity index (χ4v) is 1.42. The monoisotopic (exact) mass is 188 g/mol. The molecule has 2 unspecified atom stereocenters. The van der Waals surface area contributed by atoms with Crippen LogP contribution in [0.5, 0.6) is 0 Å². The van der Waals surface area contributed by atoms with Gasteiger partial charge in [0.1, 0.15) is 5.91 Å². The molecule has 0 N–H and O–H groups in total. The molecule has 0 saturated carbocycles. The van der Waals surface area contributed by atoms with Gasteiger partial charge in [-0.3, -0.25) is 0 Å². The van der Waals surface area contributed by atoms with Gasteiger partial charge < -0.3 is 0 Å². The normalized spacial score (nSPS) is 13.0. The molecule has 0 aliphatic carbocycles. The first-order valence-electron chi connectivity index (χ1n) is 3.27. The summed E-state index contributed by atoms with van der Waals surface area (Å²) in [5, 5.41) is 0. The van der Waals surface area contributed by atoms with E-state index in [1.807, 2.05) is 30.5 Å². The predicted octanol–water partition coefficient (Wildman–Crippen LogP) is 3.25. The summed E-state index contributed by atoms with van der Waals surface area (Å²) in [6, 6.07) is 7.47. The molecule has 3 heteroatoms. The van der Waals surface area contributed by atoms with Gasteiger partial charge in [-0.2, -0.15) is 0 Å². The molecule has 0 aliphatic rings. The van der Waals surface area contributed by atoms with Crippen molar-refractivity contribution in [2.45, 2.75) is 10.8 Å². The van der Waals surface area contributed by atoms with Gasteiger partial charge in [0.15, 0.2) is 0 Å². The molecular weight excluding hydrogens is 178 g/mol. The second-order valence-corrected chi connectivity index (χ2v) is 3.64. The van der Waals surface area contributed by atoms with Crippen LogP contribution in [0.25, 0.3) is 0 Å². The van der Waals surface area contributed by atoms with E-state index in [0.717, 1.165) is 0 Å². The zero-order chi connectivity index (χ0) is 8.27. The van der Waals surface area contributed by atoms with E-state index in [1.54, 1.807) is 11.8 Å². The Labute approximate surface area is 72.8 Å². The van der Waals surface area contributed by atoms with Gasteiger partial charge in [0.2, 0.25) is 0 Å². The summed E-state index contributed by atoms with van der Waals surface area (Å²) in [6.45, 7) is 0. The molecule has 1 aromatic rings. The van der Waals surface area contributed by atoms with Crippen LogP contribution in [0.15, 0.2) is 29.2 Å². The summed E-state index contributed by atoms with van der Waals surface area (Å²) in [5.41, 5.74) is 0.716. The van der Waals surface area contributed by atoms with Crippen molar-refractivity contribution >= 4 is 21.0 Å². The molecule has 0 bridgehead atoms. The highest BCUT2D eigenvalue weighted by Gasteiger charge is 2.00. The van der Waals surface area contributed by atoms with Gasteiger partial charge in [0.05, 0.1) is 0 Å². The fourth-order valence-electron chi connectivity index (χ4n) is 0.788. The molecule has 0 aromatic heterocycles. The summed E-state index contributed by atoms with van der Waals surface area (Å²) in [7, 11) is 2.13. The Kier molecular flexibility index (Phi) is 3.35. The molecule has 0 heterocycles. The fraction of sp³-hybridized carbons (Fsp3) is 0.250. The average molecular weight is 188 g/mol. The minimum atomic E-state index is -0.939. The van der Waals surface area contributed by atoms with E-state index >= 15 is 0 Å². The second kappa shape index (κ2) is 4.08.